The highest BCUT2D eigenvalue weighted by Crippen LogP contribution is 2.40. The fraction of sp³-hybridized carbons (Fsp3) is 0.238. The number of nitrogens with zero attached hydrogens (tertiary/aromatic N) is 3. The number of ether oxygens (including phenoxy) is 1. The summed E-state index contributed by atoms with van der Waals surface area (Å²) in [6.45, 7) is -0.286. The predicted octanol–water partition coefficient (Wildman–Crippen LogP) is 0.671. The molecule has 0 spiro atoms. The van der Waals surface area contributed by atoms with Crippen LogP contribution in [0.1, 0.15) is 16.1 Å². The Hall–Kier alpha value is -3.91. The molecule has 0 aliphatic carbocycles. The molecular weight excluding hydrogens is 498 g/mol. The van der Waals surface area contributed by atoms with Crippen LogP contribution in [-0.2, 0) is 24.0 Å². The summed E-state index contributed by atoms with van der Waals surface area (Å²) < 4.78 is 5.26. The second kappa shape index (κ2) is 10.1. The maximum absolute atomic E-state index is 12.9. The molecule has 2 atom stereocenters. The van der Waals surface area contributed by atoms with E-state index >= 15 is 0 Å². The number of aromatic nitrogens is 1. The number of aliphatic carboxylic acids is 1. The molecule has 1 fully saturated rings. The lowest BCUT2D eigenvalue weighted by Crippen LogP contribution is -2.71. The summed E-state index contributed by atoms with van der Waals surface area (Å²) in [6, 6.07) is 7.27. The third-order valence-corrected chi connectivity index (χ3v) is 7.10. The first-order chi connectivity index (χ1) is 16.8. The van der Waals surface area contributed by atoms with Gasteiger partial charge in [0, 0.05) is 16.7 Å². The SMILES string of the molecule is CON=C(C(=O)NC1C(=O)N2C(C(=O)O)=C(COC(=O)c3ccccc3)CS[C@H]12)c1csc(N)n1. The van der Waals surface area contributed by atoms with Gasteiger partial charge in [-0.2, -0.15) is 0 Å². The van der Waals surface area contributed by atoms with Gasteiger partial charge in [-0.05, 0) is 12.1 Å². The molecule has 4 rings (SSSR count). The van der Waals surface area contributed by atoms with Crippen molar-refractivity contribution in [2.75, 3.05) is 25.2 Å². The molecule has 12 nitrogen and oxygen atoms in total. The van der Waals surface area contributed by atoms with E-state index in [1.807, 2.05) is 0 Å². The Kier molecular flexibility index (Phi) is 7.02. The van der Waals surface area contributed by atoms with Gasteiger partial charge in [-0.25, -0.2) is 14.6 Å². The Balaban J connectivity index is 1.47. The van der Waals surface area contributed by atoms with E-state index in [-0.39, 0.29) is 40.2 Å². The average molecular weight is 518 g/mol. The first-order valence-electron chi connectivity index (χ1n) is 10.1. The number of hydrogen-bond acceptors (Lipinski definition) is 11. The van der Waals surface area contributed by atoms with Crippen LogP contribution in [0.15, 0.2) is 52.1 Å². The quantitative estimate of drug-likeness (QED) is 0.195. The smallest absolute Gasteiger partial charge is 0.352 e. The lowest BCUT2D eigenvalue weighted by Gasteiger charge is -2.49. The number of carboxylic acid groups (broad SMARTS) is 1. The minimum Gasteiger partial charge on any atom is -0.477 e. The number of rotatable bonds is 8. The Morgan fingerprint density at radius 1 is 1.31 bits per heavy atom. The fourth-order valence-electron chi connectivity index (χ4n) is 3.51. The number of nitrogen functional groups attached to an aromatic ring is 1. The zero-order valence-corrected chi connectivity index (χ0v) is 19.8. The van der Waals surface area contributed by atoms with E-state index in [4.69, 9.17) is 15.3 Å². The van der Waals surface area contributed by atoms with Crippen molar-refractivity contribution in [3.05, 3.63) is 58.2 Å². The van der Waals surface area contributed by atoms with Crippen molar-refractivity contribution in [1.29, 1.82) is 0 Å². The number of nitrogens with one attached hydrogen (secondary N) is 1. The van der Waals surface area contributed by atoms with Crippen molar-refractivity contribution in [3.8, 4) is 0 Å². The number of nitrogens with two attached hydrogens (primary N) is 1. The number of fused-ring (bicyclic) bond motifs is 1. The van der Waals surface area contributed by atoms with Crippen LogP contribution in [0.3, 0.4) is 0 Å². The van der Waals surface area contributed by atoms with Gasteiger partial charge >= 0.3 is 11.9 Å². The normalized spacial score (nSPS) is 19.5. The number of β-lactam (4-membered cyclic amide) rings is 1. The van der Waals surface area contributed by atoms with Gasteiger partial charge < -0.3 is 25.7 Å². The molecule has 182 valence electrons. The largest absolute Gasteiger partial charge is 0.477 e. The van der Waals surface area contributed by atoms with Crippen LogP contribution < -0.4 is 11.1 Å². The topological polar surface area (TPSA) is 174 Å². The molecular formula is C21H19N5O7S2. The van der Waals surface area contributed by atoms with E-state index in [1.54, 1.807) is 30.3 Å². The molecule has 1 aromatic carbocycles. The van der Waals surface area contributed by atoms with Gasteiger partial charge in [0.15, 0.2) is 10.8 Å². The molecule has 1 saturated heterocycles. The van der Waals surface area contributed by atoms with E-state index in [2.05, 4.69) is 15.5 Å². The lowest BCUT2D eigenvalue weighted by atomic mass is 10.0. The van der Waals surface area contributed by atoms with Gasteiger partial charge in [0.1, 0.15) is 36.5 Å². The van der Waals surface area contributed by atoms with Crippen molar-refractivity contribution >= 4 is 57.7 Å². The number of carboxylic acids is 1. The molecule has 0 saturated carbocycles. The highest BCUT2D eigenvalue weighted by molar-refractivity contribution is 8.00. The maximum atomic E-state index is 12.9. The van der Waals surface area contributed by atoms with Crippen molar-refractivity contribution in [3.63, 3.8) is 0 Å². The van der Waals surface area contributed by atoms with Crippen LogP contribution in [0, 0.1) is 0 Å². The molecule has 35 heavy (non-hydrogen) atoms. The van der Waals surface area contributed by atoms with Crippen LogP contribution in [0.2, 0.25) is 0 Å². The molecule has 0 radical (unpaired) electrons. The van der Waals surface area contributed by atoms with Crippen LogP contribution in [0.5, 0.6) is 0 Å². The summed E-state index contributed by atoms with van der Waals surface area (Å²) in [6.07, 6.45) is 0. The average Bonchev–Trinajstić information content (AvgIpc) is 3.29. The van der Waals surface area contributed by atoms with E-state index in [0.717, 1.165) is 16.2 Å². The number of amides is 2. The van der Waals surface area contributed by atoms with Gasteiger partial charge in [-0.3, -0.25) is 14.5 Å². The Bertz CT molecular complexity index is 1240. The highest BCUT2D eigenvalue weighted by atomic mass is 32.2. The van der Waals surface area contributed by atoms with Crippen LogP contribution in [0.4, 0.5) is 5.13 Å². The molecule has 2 aromatic rings. The van der Waals surface area contributed by atoms with Crippen LogP contribution in [-0.4, -0.2) is 75.3 Å². The van der Waals surface area contributed by atoms with Crippen molar-refractivity contribution in [1.82, 2.24) is 15.2 Å². The maximum Gasteiger partial charge on any atom is 0.352 e. The lowest BCUT2D eigenvalue weighted by molar-refractivity contribution is -0.150. The molecule has 14 heteroatoms. The monoisotopic (exact) mass is 517 g/mol. The Labute approximate surface area is 206 Å². The molecule has 4 N–H and O–H groups in total. The molecule has 0 bridgehead atoms. The van der Waals surface area contributed by atoms with Crippen LogP contribution in [0.25, 0.3) is 0 Å². The van der Waals surface area contributed by atoms with Crippen molar-refractivity contribution < 1.29 is 33.9 Å². The van der Waals surface area contributed by atoms with Gasteiger partial charge in [-0.1, -0.05) is 23.4 Å². The number of thioether (sulfide) groups is 1. The van der Waals surface area contributed by atoms with Crippen molar-refractivity contribution in [2.45, 2.75) is 11.4 Å². The van der Waals surface area contributed by atoms with Crippen LogP contribution >= 0.6 is 23.1 Å². The molecule has 3 heterocycles. The zero-order valence-electron chi connectivity index (χ0n) is 18.2. The van der Waals surface area contributed by atoms with Gasteiger partial charge in [-0.15, -0.1) is 23.1 Å². The Morgan fingerprint density at radius 2 is 2.06 bits per heavy atom. The van der Waals surface area contributed by atoms with Gasteiger partial charge in [0.25, 0.3) is 11.8 Å². The summed E-state index contributed by atoms with van der Waals surface area (Å²) in [7, 11) is 1.26. The summed E-state index contributed by atoms with van der Waals surface area (Å²) in [5.41, 5.74) is 5.97. The number of carbonyl (C=O) groups is 4. The molecule has 2 amide bonds. The second-order valence-electron chi connectivity index (χ2n) is 7.25. The highest BCUT2D eigenvalue weighted by Gasteiger charge is 2.54. The van der Waals surface area contributed by atoms with Gasteiger partial charge in [0.05, 0.1) is 5.56 Å². The number of hydrogen-bond donors (Lipinski definition) is 3. The number of anilines is 1. The number of esters is 1. The number of benzene rings is 1. The fourth-order valence-corrected chi connectivity index (χ4v) is 5.38. The molecule has 1 unspecified atom stereocenters. The third kappa shape index (κ3) is 4.83. The predicted molar refractivity (Wildman–Crippen MR) is 126 cm³/mol. The zero-order chi connectivity index (χ0) is 25.1. The number of thiazole rings is 1. The first kappa shape index (κ1) is 24.2. The summed E-state index contributed by atoms with van der Waals surface area (Å²) >= 11 is 2.35. The van der Waals surface area contributed by atoms with E-state index in [0.29, 0.717) is 5.56 Å². The van der Waals surface area contributed by atoms with Gasteiger partial charge in [0.2, 0.25) is 0 Å². The molecule has 1 aromatic heterocycles. The van der Waals surface area contributed by atoms with E-state index < -0.39 is 35.2 Å². The molecule has 2 aliphatic heterocycles. The van der Waals surface area contributed by atoms with E-state index in [9.17, 15) is 24.3 Å². The number of carbonyl (C=O) groups excluding carboxylic acids is 3. The summed E-state index contributed by atoms with van der Waals surface area (Å²) in [4.78, 5) is 59.7. The number of oxime groups is 1. The summed E-state index contributed by atoms with van der Waals surface area (Å²) in [5.74, 6) is -3.10. The first-order valence-corrected chi connectivity index (χ1v) is 12.0. The second-order valence-corrected chi connectivity index (χ2v) is 9.25. The van der Waals surface area contributed by atoms with E-state index in [1.165, 1.54) is 24.3 Å². The standard InChI is InChI=1S/C21H19N5O7S2/c1-32-25-13(12-9-35-21(22)23-12)16(27)24-14-17(28)26-15(19(29)30)11(8-34-18(14)26)7-33-20(31)10-5-3-2-4-6-10/h2-6,9,14,18H,7-8H2,1H3,(H2,22,23)(H,24,27)(H,29,30)/t14?,18-/m1/s1. The van der Waals surface area contributed by atoms with Crippen molar-refractivity contribution in [2.24, 2.45) is 5.16 Å². The third-order valence-electron chi connectivity index (χ3n) is 5.09. The summed E-state index contributed by atoms with van der Waals surface area (Å²) in [5, 5.41) is 17.1. The molecule has 2 aliphatic rings. The minimum absolute atomic E-state index is 0.171. The minimum atomic E-state index is -1.33. The Morgan fingerprint density at radius 3 is 2.69 bits per heavy atom.